The minimum absolute atomic E-state index is 0.0877. The molecule has 1 heterocycles. The Bertz CT molecular complexity index is 1050. The Labute approximate surface area is 154 Å². The minimum Gasteiger partial charge on any atom is -0.496 e. The van der Waals surface area contributed by atoms with Crippen LogP contribution < -0.4 is 15.1 Å². The molecule has 3 rings (SSSR count). The van der Waals surface area contributed by atoms with E-state index in [2.05, 4.69) is 0 Å². The van der Waals surface area contributed by atoms with Gasteiger partial charge in [0.05, 0.1) is 24.6 Å². The van der Waals surface area contributed by atoms with E-state index in [1.165, 1.54) is 26.4 Å². The zero-order valence-corrected chi connectivity index (χ0v) is 14.9. The third-order valence-electron chi connectivity index (χ3n) is 3.80. The first-order valence-corrected chi connectivity index (χ1v) is 8.08. The van der Waals surface area contributed by atoms with Gasteiger partial charge in [-0.15, -0.1) is 0 Å². The Morgan fingerprint density at radius 1 is 1.08 bits per heavy atom. The Morgan fingerprint density at radius 2 is 1.81 bits per heavy atom. The molecule has 0 N–H and O–H groups in total. The Morgan fingerprint density at radius 3 is 2.46 bits per heavy atom. The van der Waals surface area contributed by atoms with Crippen molar-refractivity contribution in [1.29, 1.82) is 0 Å². The summed E-state index contributed by atoms with van der Waals surface area (Å²) in [6.45, 7) is 0. The molecule has 0 saturated carbocycles. The minimum atomic E-state index is -0.780. The first-order valence-electron chi connectivity index (χ1n) is 7.70. The molecule has 0 aliphatic carbocycles. The number of hydrogen-bond acceptors (Lipinski definition) is 5. The van der Waals surface area contributed by atoms with Gasteiger partial charge in [-0.1, -0.05) is 41.9 Å². The van der Waals surface area contributed by atoms with Gasteiger partial charge < -0.3 is 13.9 Å². The van der Waals surface area contributed by atoms with E-state index in [1.54, 1.807) is 24.3 Å². The zero-order valence-electron chi connectivity index (χ0n) is 14.1. The molecule has 0 radical (unpaired) electrons. The number of halogens is 1. The van der Waals surface area contributed by atoms with Gasteiger partial charge in [-0.2, -0.15) is 0 Å². The van der Waals surface area contributed by atoms with E-state index < -0.39 is 11.4 Å². The van der Waals surface area contributed by atoms with Crippen LogP contribution in [-0.4, -0.2) is 20.0 Å². The highest BCUT2D eigenvalue weighted by Gasteiger charge is 2.19. The molecule has 3 aromatic rings. The van der Waals surface area contributed by atoms with Crippen molar-refractivity contribution < 1.29 is 18.7 Å². The monoisotopic (exact) mass is 370 g/mol. The second kappa shape index (κ2) is 7.45. The molecule has 0 atom stereocenters. The summed E-state index contributed by atoms with van der Waals surface area (Å²) in [5, 5.41) is 0.385. The summed E-state index contributed by atoms with van der Waals surface area (Å²) in [6.07, 6.45) is 1.50. The SMILES string of the molecule is COc1cc(OC)c2cc(C(=O)/C(Cl)=C/c3ccccc3)c(=O)oc2c1. The number of carbonyl (C=O) groups excluding carboxylic acids is 1. The molecule has 6 heteroatoms. The number of benzene rings is 2. The number of fused-ring (bicyclic) bond motifs is 1. The van der Waals surface area contributed by atoms with Crippen LogP contribution in [0.2, 0.25) is 0 Å². The maximum Gasteiger partial charge on any atom is 0.347 e. The van der Waals surface area contributed by atoms with E-state index in [0.717, 1.165) is 5.56 Å². The highest BCUT2D eigenvalue weighted by atomic mass is 35.5. The predicted molar refractivity (Wildman–Crippen MR) is 100 cm³/mol. The number of rotatable bonds is 5. The lowest BCUT2D eigenvalue weighted by Gasteiger charge is -2.08. The van der Waals surface area contributed by atoms with Crippen LogP contribution in [0.25, 0.3) is 17.0 Å². The second-order valence-corrected chi connectivity index (χ2v) is 5.83. The third kappa shape index (κ3) is 3.48. The summed E-state index contributed by atoms with van der Waals surface area (Å²) in [7, 11) is 2.97. The lowest BCUT2D eigenvalue weighted by Crippen LogP contribution is -2.14. The van der Waals surface area contributed by atoms with Gasteiger partial charge in [-0.25, -0.2) is 4.79 Å². The molecule has 1 aromatic heterocycles. The van der Waals surface area contributed by atoms with Gasteiger partial charge in [-0.05, 0) is 17.7 Å². The largest absolute Gasteiger partial charge is 0.496 e. The number of Topliss-reactive ketones (excluding diaryl/α,β-unsaturated/α-hetero) is 1. The van der Waals surface area contributed by atoms with Gasteiger partial charge in [0.2, 0.25) is 5.78 Å². The molecular weight excluding hydrogens is 356 g/mol. The zero-order chi connectivity index (χ0) is 18.7. The molecular formula is C20H15ClO5. The summed E-state index contributed by atoms with van der Waals surface area (Å²) in [5.41, 5.74) is 0.0554. The van der Waals surface area contributed by atoms with Crippen LogP contribution in [0.5, 0.6) is 11.5 Å². The number of carbonyl (C=O) groups is 1. The first-order chi connectivity index (χ1) is 12.5. The van der Waals surface area contributed by atoms with Crippen LogP contribution in [0.1, 0.15) is 15.9 Å². The van der Waals surface area contributed by atoms with Crippen molar-refractivity contribution in [2.24, 2.45) is 0 Å². The molecule has 0 unspecified atom stereocenters. The van der Waals surface area contributed by atoms with Crippen LogP contribution >= 0.6 is 11.6 Å². The van der Waals surface area contributed by atoms with Crippen molar-refractivity contribution in [2.75, 3.05) is 14.2 Å². The molecule has 0 spiro atoms. The molecule has 132 valence electrons. The highest BCUT2D eigenvalue weighted by Crippen LogP contribution is 2.31. The van der Waals surface area contributed by atoms with Gasteiger partial charge in [0, 0.05) is 12.1 Å². The highest BCUT2D eigenvalue weighted by molar-refractivity contribution is 6.47. The van der Waals surface area contributed by atoms with Crippen LogP contribution in [-0.2, 0) is 0 Å². The van der Waals surface area contributed by atoms with Gasteiger partial charge in [0.1, 0.15) is 22.6 Å². The molecule has 0 amide bonds. The smallest absolute Gasteiger partial charge is 0.347 e. The van der Waals surface area contributed by atoms with Crippen LogP contribution in [0.3, 0.4) is 0 Å². The Kier molecular flexibility index (Phi) is 5.09. The summed E-state index contributed by atoms with van der Waals surface area (Å²) in [4.78, 5) is 24.9. The molecule has 0 aliphatic heterocycles. The van der Waals surface area contributed by atoms with Crippen molar-refractivity contribution in [2.45, 2.75) is 0 Å². The maximum absolute atomic E-state index is 12.6. The van der Waals surface area contributed by atoms with E-state index in [4.69, 9.17) is 25.5 Å². The van der Waals surface area contributed by atoms with Gasteiger partial charge in [-0.3, -0.25) is 4.79 Å². The number of hydrogen-bond donors (Lipinski definition) is 0. The summed E-state index contributed by atoms with van der Waals surface area (Å²) < 4.78 is 15.7. The van der Waals surface area contributed by atoms with Crippen molar-refractivity contribution >= 4 is 34.4 Å². The molecule has 5 nitrogen and oxygen atoms in total. The quantitative estimate of drug-likeness (QED) is 0.381. The van der Waals surface area contributed by atoms with Crippen molar-refractivity contribution in [3.8, 4) is 11.5 Å². The fourth-order valence-electron chi connectivity index (χ4n) is 2.50. The van der Waals surface area contributed by atoms with Crippen LogP contribution in [0.15, 0.2) is 62.8 Å². The molecule has 26 heavy (non-hydrogen) atoms. The lowest BCUT2D eigenvalue weighted by atomic mass is 10.1. The van der Waals surface area contributed by atoms with Gasteiger partial charge in [0.15, 0.2) is 0 Å². The normalized spacial score (nSPS) is 11.4. The fourth-order valence-corrected chi connectivity index (χ4v) is 2.72. The standard InChI is InChI=1S/C20H15ClO5/c1-24-13-9-17(25-2)14-11-15(20(23)26-18(14)10-13)19(22)16(21)8-12-6-4-3-5-7-12/h3-11H,1-2H3/b16-8-. The summed E-state index contributed by atoms with van der Waals surface area (Å²) in [5.74, 6) is 0.267. The van der Waals surface area contributed by atoms with Gasteiger partial charge >= 0.3 is 5.63 Å². The number of methoxy groups -OCH3 is 2. The van der Waals surface area contributed by atoms with E-state index in [9.17, 15) is 9.59 Å². The molecule has 0 aliphatic rings. The molecule has 0 bridgehead atoms. The Hall–Kier alpha value is -3.05. The van der Waals surface area contributed by atoms with E-state index >= 15 is 0 Å². The molecule has 2 aromatic carbocycles. The third-order valence-corrected chi connectivity index (χ3v) is 4.08. The van der Waals surface area contributed by atoms with E-state index in [-0.39, 0.29) is 16.2 Å². The number of ketones is 1. The maximum atomic E-state index is 12.6. The summed E-state index contributed by atoms with van der Waals surface area (Å²) >= 11 is 6.12. The number of allylic oxidation sites excluding steroid dienone is 1. The number of ether oxygens (including phenoxy) is 2. The predicted octanol–water partition coefficient (Wildman–Crippen LogP) is 4.27. The van der Waals surface area contributed by atoms with Crippen molar-refractivity contribution in [1.82, 2.24) is 0 Å². The fraction of sp³-hybridized carbons (Fsp3) is 0.100. The summed E-state index contributed by atoms with van der Waals surface area (Å²) in [6, 6.07) is 13.7. The first kappa shape index (κ1) is 17.8. The van der Waals surface area contributed by atoms with Crippen molar-refractivity contribution in [3.05, 3.63) is 75.1 Å². The van der Waals surface area contributed by atoms with Crippen LogP contribution in [0.4, 0.5) is 0 Å². The molecule has 0 saturated heterocycles. The average Bonchev–Trinajstić information content (AvgIpc) is 2.66. The van der Waals surface area contributed by atoms with E-state index in [0.29, 0.717) is 16.9 Å². The van der Waals surface area contributed by atoms with Crippen LogP contribution in [0, 0.1) is 0 Å². The van der Waals surface area contributed by atoms with Gasteiger partial charge in [0.25, 0.3) is 0 Å². The lowest BCUT2D eigenvalue weighted by molar-refractivity contribution is 0.104. The second-order valence-electron chi connectivity index (χ2n) is 5.42. The average molecular weight is 371 g/mol. The topological polar surface area (TPSA) is 65.7 Å². The van der Waals surface area contributed by atoms with Crippen molar-refractivity contribution in [3.63, 3.8) is 0 Å². The van der Waals surface area contributed by atoms with E-state index in [1.807, 2.05) is 18.2 Å². The Balaban J connectivity index is 2.10. The molecule has 0 fully saturated rings.